The van der Waals surface area contributed by atoms with Crippen LogP contribution in [0.3, 0.4) is 0 Å². The molecule has 0 unspecified atom stereocenters. The summed E-state index contributed by atoms with van der Waals surface area (Å²) < 4.78 is 41.9. The molecule has 34 heavy (non-hydrogen) atoms. The van der Waals surface area contributed by atoms with Crippen LogP contribution in [-0.4, -0.2) is 58.8 Å². The quantitative estimate of drug-likeness (QED) is 0.454. The second-order valence-corrected chi connectivity index (χ2v) is 8.04. The predicted molar refractivity (Wildman–Crippen MR) is 113 cm³/mol. The highest BCUT2D eigenvalue weighted by Crippen LogP contribution is 2.33. The summed E-state index contributed by atoms with van der Waals surface area (Å²) in [6, 6.07) is 5.26. The Bertz CT molecular complexity index is 1380. The molecule has 1 fully saturated rings. The molecule has 1 aliphatic heterocycles. The Morgan fingerprint density at radius 3 is 2.74 bits per heavy atom. The Morgan fingerprint density at radius 2 is 2.00 bits per heavy atom. The van der Waals surface area contributed by atoms with Crippen molar-refractivity contribution < 1.29 is 28.2 Å². The van der Waals surface area contributed by atoms with Crippen LogP contribution in [0.15, 0.2) is 42.9 Å². The van der Waals surface area contributed by atoms with E-state index in [9.17, 15) is 23.1 Å². The van der Waals surface area contributed by atoms with Crippen molar-refractivity contribution >= 4 is 22.7 Å². The van der Waals surface area contributed by atoms with Crippen LogP contribution < -0.4 is 4.90 Å². The number of nitrogens with zero attached hydrogens (tertiary/aromatic N) is 7. The van der Waals surface area contributed by atoms with E-state index in [2.05, 4.69) is 20.2 Å². The van der Waals surface area contributed by atoms with E-state index in [0.717, 1.165) is 29.4 Å². The molecule has 0 radical (unpaired) electrons. The number of aromatic nitrogens is 6. The number of aromatic hydroxyl groups is 1. The number of aromatic carboxylic acids is 1. The van der Waals surface area contributed by atoms with Crippen molar-refractivity contribution in [1.82, 2.24) is 29.5 Å². The van der Waals surface area contributed by atoms with Gasteiger partial charge in [-0.25, -0.2) is 14.5 Å². The average Bonchev–Trinajstić information content (AvgIpc) is 3.54. The first-order valence-electron chi connectivity index (χ1n) is 10.3. The normalized spacial score (nSPS) is 16.4. The molecule has 5 rings (SSSR count). The molecule has 0 aliphatic carbocycles. The molecule has 13 heteroatoms. The lowest BCUT2D eigenvalue weighted by Crippen LogP contribution is -2.22. The molecule has 0 amide bonds. The summed E-state index contributed by atoms with van der Waals surface area (Å²) in [5, 5.41) is 27.8. The highest BCUT2D eigenvalue weighted by atomic mass is 19.4. The van der Waals surface area contributed by atoms with Crippen molar-refractivity contribution in [2.24, 2.45) is 5.92 Å². The van der Waals surface area contributed by atoms with Crippen LogP contribution in [0.25, 0.3) is 17.0 Å². The van der Waals surface area contributed by atoms with Gasteiger partial charge in [-0.3, -0.25) is 4.68 Å². The Morgan fingerprint density at radius 1 is 1.18 bits per heavy atom. The summed E-state index contributed by atoms with van der Waals surface area (Å²) in [4.78, 5) is 21.3. The van der Waals surface area contributed by atoms with Gasteiger partial charge in [0, 0.05) is 31.5 Å². The largest absolute Gasteiger partial charge is 0.492 e. The zero-order valence-electron chi connectivity index (χ0n) is 17.5. The fourth-order valence-electron chi connectivity index (χ4n) is 4.09. The molecule has 2 N–H and O–H groups in total. The lowest BCUT2D eigenvalue weighted by Gasteiger charge is -2.20. The van der Waals surface area contributed by atoms with E-state index in [1.54, 1.807) is 10.7 Å². The van der Waals surface area contributed by atoms with Crippen molar-refractivity contribution in [2.75, 3.05) is 18.0 Å². The number of fused-ring (bicyclic) bond motifs is 1. The highest BCUT2D eigenvalue weighted by Gasteiger charge is 2.32. The van der Waals surface area contributed by atoms with Crippen LogP contribution in [0.5, 0.6) is 5.88 Å². The monoisotopic (exact) mass is 473 g/mol. The highest BCUT2D eigenvalue weighted by molar-refractivity contribution is 5.87. The molecular formula is C21H18F3N7O3. The third-order valence-corrected chi connectivity index (χ3v) is 5.75. The van der Waals surface area contributed by atoms with Crippen LogP contribution in [0.4, 0.5) is 18.9 Å². The molecule has 0 saturated carbocycles. The summed E-state index contributed by atoms with van der Waals surface area (Å²) in [7, 11) is 0. The first kappa shape index (κ1) is 21.7. The second kappa shape index (κ2) is 8.01. The van der Waals surface area contributed by atoms with Crippen molar-refractivity contribution in [3.63, 3.8) is 0 Å². The molecule has 0 spiro atoms. The maximum Gasteiger partial charge on any atom is 0.416 e. The van der Waals surface area contributed by atoms with E-state index >= 15 is 0 Å². The van der Waals surface area contributed by atoms with Crippen molar-refractivity contribution in [2.45, 2.75) is 19.1 Å². The minimum atomic E-state index is -4.40. The van der Waals surface area contributed by atoms with Crippen LogP contribution in [-0.2, 0) is 12.7 Å². The van der Waals surface area contributed by atoms with Gasteiger partial charge in [0.15, 0.2) is 0 Å². The van der Waals surface area contributed by atoms with E-state index in [0.29, 0.717) is 36.4 Å². The Balaban J connectivity index is 1.34. The number of anilines is 1. The number of hydrogen-bond acceptors (Lipinski definition) is 7. The fourth-order valence-corrected chi connectivity index (χ4v) is 4.09. The minimum absolute atomic E-state index is 0.00589. The lowest BCUT2D eigenvalue weighted by molar-refractivity contribution is -0.137. The number of carboxylic acid groups (broad SMARTS) is 1. The molecule has 1 saturated heterocycles. The van der Waals surface area contributed by atoms with Crippen LogP contribution >= 0.6 is 0 Å². The first-order chi connectivity index (χ1) is 16.2. The van der Waals surface area contributed by atoms with Crippen molar-refractivity contribution in [1.29, 1.82) is 0 Å². The molecule has 1 aromatic carbocycles. The zero-order chi connectivity index (χ0) is 24.0. The summed E-state index contributed by atoms with van der Waals surface area (Å²) in [6.45, 7) is 1.55. The summed E-state index contributed by atoms with van der Waals surface area (Å²) >= 11 is 0. The van der Waals surface area contributed by atoms with Gasteiger partial charge in [0.2, 0.25) is 5.88 Å². The standard InChI is InChI=1S/C21H18F3N7O3/c22-21(23,24)14-2-1-3-15(6-14)29-5-4-12(9-29)10-30-17-16(8-26-30)27-20(28-18(17)32)31-11-13(7-25-31)19(33)34/h1-3,6-8,11-12H,4-5,9-10H2,(H,33,34)(H,27,28,32)/t12-/m0/s1. The topological polar surface area (TPSA) is 122 Å². The third kappa shape index (κ3) is 4.00. The molecule has 10 nitrogen and oxygen atoms in total. The number of carboxylic acids is 1. The van der Waals surface area contributed by atoms with Crippen molar-refractivity contribution in [3.8, 4) is 11.8 Å². The smallest absolute Gasteiger partial charge is 0.416 e. The van der Waals surface area contributed by atoms with Crippen molar-refractivity contribution in [3.05, 3.63) is 54.0 Å². The van der Waals surface area contributed by atoms with Gasteiger partial charge in [-0.1, -0.05) is 6.07 Å². The Hall–Kier alpha value is -4.16. The van der Waals surface area contributed by atoms with E-state index in [-0.39, 0.29) is 23.3 Å². The second-order valence-electron chi connectivity index (χ2n) is 8.04. The SMILES string of the molecule is O=C(O)c1cnn(-c2nc(O)c3c(cnn3C[C@H]3CCN(c4cccc(C(F)(F)F)c4)C3)n2)c1. The van der Waals surface area contributed by atoms with Gasteiger partial charge in [0.05, 0.1) is 23.5 Å². The van der Waals surface area contributed by atoms with E-state index < -0.39 is 17.7 Å². The van der Waals surface area contributed by atoms with Gasteiger partial charge < -0.3 is 15.1 Å². The Kier molecular flexibility index (Phi) is 5.10. The molecule has 176 valence electrons. The number of alkyl halides is 3. The Labute approximate surface area is 189 Å². The van der Waals surface area contributed by atoms with Crippen LogP contribution in [0.2, 0.25) is 0 Å². The number of carbonyl (C=O) groups is 1. The average molecular weight is 473 g/mol. The zero-order valence-corrected chi connectivity index (χ0v) is 17.5. The van der Waals surface area contributed by atoms with Gasteiger partial charge in [-0.05, 0) is 30.5 Å². The van der Waals surface area contributed by atoms with Gasteiger partial charge in [-0.2, -0.15) is 28.4 Å². The molecule has 0 bridgehead atoms. The third-order valence-electron chi connectivity index (χ3n) is 5.75. The number of halogens is 3. The fraction of sp³-hybridized carbons (Fsp3) is 0.286. The number of hydrogen-bond donors (Lipinski definition) is 2. The number of benzene rings is 1. The molecule has 1 aliphatic rings. The molecule has 1 atom stereocenters. The predicted octanol–water partition coefficient (Wildman–Crippen LogP) is 2.96. The van der Waals surface area contributed by atoms with Crippen LogP contribution in [0, 0.1) is 5.92 Å². The van der Waals surface area contributed by atoms with E-state index in [1.165, 1.54) is 18.5 Å². The molecule has 3 aromatic heterocycles. The number of rotatable bonds is 5. The molecular weight excluding hydrogens is 455 g/mol. The maximum atomic E-state index is 13.0. The van der Waals surface area contributed by atoms with Gasteiger partial charge in [0.1, 0.15) is 11.0 Å². The van der Waals surface area contributed by atoms with Crippen LogP contribution in [0.1, 0.15) is 22.3 Å². The van der Waals surface area contributed by atoms with E-state index in [4.69, 9.17) is 5.11 Å². The molecule has 4 heterocycles. The van der Waals surface area contributed by atoms with Gasteiger partial charge in [-0.15, -0.1) is 0 Å². The summed E-state index contributed by atoms with van der Waals surface area (Å²) in [5.74, 6) is -1.41. The summed E-state index contributed by atoms with van der Waals surface area (Å²) in [5.41, 5.74) is 0.440. The maximum absolute atomic E-state index is 13.0. The van der Waals surface area contributed by atoms with E-state index in [1.807, 2.05) is 4.90 Å². The molecule has 4 aromatic rings. The summed E-state index contributed by atoms with van der Waals surface area (Å²) in [6.07, 6.45) is 0.176. The first-order valence-corrected chi connectivity index (χ1v) is 10.3. The van der Waals surface area contributed by atoms with Gasteiger partial charge >= 0.3 is 12.1 Å². The van der Waals surface area contributed by atoms with Gasteiger partial charge in [0.25, 0.3) is 5.95 Å². The minimum Gasteiger partial charge on any atom is -0.492 e. The lowest BCUT2D eigenvalue weighted by atomic mass is 10.1.